The summed E-state index contributed by atoms with van der Waals surface area (Å²) in [5, 5.41) is 6.59. The molecule has 0 saturated carbocycles. The highest BCUT2D eigenvalue weighted by Crippen LogP contribution is 2.14. The molecule has 25 heavy (non-hydrogen) atoms. The van der Waals surface area contributed by atoms with Gasteiger partial charge in [-0.1, -0.05) is 13.0 Å². The van der Waals surface area contributed by atoms with Crippen molar-refractivity contribution in [2.45, 2.75) is 38.8 Å². The van der Waals surface area contributed by atoms with E-state index in [9.17, 15) is 0 Å². The molecule has 2 N–H and O–H groups in total. The largest absolute Gasteiger partial charge is 0.477 e. The van der Waals surface area contributed by atoms with Crippen LogP contribution in [0.5, 0.6) is 5.88 Å². The molecule has 1 atom stereocenters. The van der Waals surface area contributed by atoms with Crippen molar-refractivity contribution in [3.8, 4) is 5.88 Å². The lowest BCUT2D eigenvalue weighted by molar-refractivity contribution is 0.0420. The highest BCUT2D eigenvalue weighted by molar-refractivity contribution is 5.79. The number of pyridine rings is 1. The van der Waals surface area contributed by atoms with Crippen molar-refractivity contribution in [2.24, 2.45) is 4.99 Å². The molecule has 0 radical (unpaired) electrons. The second-order valence-corrected chi connectivity index (χ2v) is 5.88. The number of rotatable bonds is 10. The van der Waals surface area contributed by atoms with Gasteiger partial charge in [0.2, 0.25) is 5.88 Å². The molecule has 1 saturated heterocycles. The fraction of sp³-hybridized carbons (Fsp3) is 0.667. The minimum absolute atomic E-state index is 0.268. The van der Waals surface area contributed by atoms with Crippen LogP contribution in [0.15, 0.2) is 23.3 Å². The van der Waals surface area contributed by atoms with Gasteiger partial charge in [-0.25, -0.2) is 4.98 Å². The molecule has 140 valence electrons. The van der Waals surface area contributed by atoms with Gasteiger partial charge in [-0.15, -0.1) is 0 Å². The zero-order chi connectivity index (χ0) is 17.7. The Morgan fingerprint density at radius 3 is 3.08 bits per heavy atom. The summed E-state index contributed by atoms with van der Waals surface area (Å²) in [6.07, 6.45) is 4.90. The summed E-state index contributed by atoms with van der Waals surface area (Å²) in [6.45, 7) is 6.44. The molecule has 1 fully saturated rings. The summed E-state index contributed by atoms with van der Waals surface area (Å²) in [6, 6.07) is 3.92. The third-order valence-corrected chi connectivity index (χ3v) is 3.82. The third kappa shape index (κ3) is 7.27. The Morgan fingerprint density at radius 2 is 2.32 bits per heavy atom. The first-order chi connectivity index (χ1) is 12.3. The van der Waals surface area contributed by atoms with Crippen molar-refractivity contribution in [1.82, 2.24) is 15.6 Å². The molecule has 1 unspecified atom stereocenters. The number of hydrogen-bond acceptors (Lipinski definition) is 5. The number of nitrogens with zero attached hydrogens (tertiary/aromatic N) is 2. The van der Waals surface area contributed by atoms with Gasteiger partial charge in [0.25, 0.3) is 0 Å². The van der Waals surface area contributed by atoms with Crippen LogP contribution in [0.25, 0.3) is 0 Å². The van der Waals surface area contributed by atoms with Crippen molar-refractivity contribution in [1.29, 1.82) is 0 Å². The Hall–Kier alpha value is -1.86. The molecule has 2 rings (SSSR count). The lowest BCUT2D eigenvalue weighted by Gasteiger charge is -2.14. The first-order valence-corrected chi connectivity index (χ1v) is 9.04. The van der Waals surface area contributed by atoms with Crippen LogP contribution in [0, 0.1) is 0 Å². The maximum absolute atomic E-state index is 5.75. The molecule has 0 bridgehead atoms. The normalized spacial score (nSPS) is 17.5. The van der Waals surface area contributed by atoms with Crippen molar-refractivity contribution in [2.75, 3.05) is 40.0 Å². The molecule has 1 aliphatic rings. The molecular formula is C18H30N4O3. The van der Waals surface area contributed by atoms with Gasteiger partial charge in [-0.3, -0.25) is 4.99 Å². The van der Waals surface area contributed by atoms with E-state index in [2.05, 4.69) is 27.5 Å². The maximum Gasteiger partial charge on any atom is 0.218 e. The molecule has 0 aliphatic carbocycles. The second-order valence-electron chi connectivity index (χ2n) is 5.88. The Balaban J connectivity index is 1.66. The minimum Gasteiger partial charge on any atom is -0.477 e. The van der Waals surface area contributed by atoms with Crippen molar-refractivity contribution >= 4 is 5.96 Å². The third-order valence-electron chi connectivity index (χ3n) is 3.82. The summed E-state index contributed by atoms with van der Waals surface area (Å²) >= 11 is 0. The molecule has 2 heterocycles. The second kappa shape index (κ2) is 11.7. The van der Waals surface area contributed by atoms with Crippen LogP contribution in [0.4, 0.5) is 0 Å². The standard InChI is InChI=1S/C18H30N4O3/c1-3-10-25-17-15(6-4-8-20-17)13-22-18(19-2)21-9-5-11-24-16-7-12-23-14-16/h4,6,8,16H,3,5,7,9-14H2,1-2H3,(H2,19,21,22). The predicted molar refractivity (Wildman–Crippen MR) is 98.0 cm³/mol. The Morgan fingerprint density at radius 1 is 1.40 bits per heavy atom. The van der Waals surface area contributed by atoms with E-state index in [1.807, 2.05) is 12.1 Å². The van der Waals surface area contributed by atoms with E-state index < -0.39 is 0 Å². The lowest BCUT2D eigenvalue weighted by Crippen LogP contribution is -2.37. The van der Waals surface area contributed by atoms with Gasteiger partial charge >= 0.3 is 0 Å². The van der Waals surface area contributed by atoms with Gasteiger partial charge < -0.3 is 24.8 Å². The molecule has 1 aromatic rings. The van der Waals surface area contributed by atoms with Crippen LogP contribution in [0.3, 0.4) is 0 Å². The maximum atomic E-state index is 5.75. The number of hydrogen-bond donors (Lipinski definition) is 2. The smallest absolute Gasteiger partial charge is 0.218 e. The summed E-state index contributed by atoms with van der Waals surface area (Å²) in [5.74, 6) is 1.44. The Bertz CT molecular complexity index is 519. The van der Waals surface area contributed by atoms with Crippen molar-refractivity contribution in [3.63, 3.8) is 0 Å². The topological polar surface area (TPSA) is 77.0 Å². The van der Waals surface area contributed by atoms with Gasteiger partial charge in [-0.2, -0.15) is 0 Å². The quantitative estimate of drug-likeness (QED) is 0.380. The lowest BCUT2D eigenvalue weighted by atomic mass is 10.2. The van der Waals surface area contributed by atoms with Crippen LogP contribution in [0.1, 0.15) is 31.7 Å². The van der Waals surface area contributed by atoms with E-state index in [4.69, 9.17) is 14.2 Å². The zero-order valence-electron chi connectivity index (χ0n) is 15.3. The first kappa shape index (κ1) is 19.5. The predicted octanol–water partition coefficient (Wildman–Crippen LogP) is 1.73. The molecule has 0 amide bonds. The Labute approximate surface area is 150 Å². The molecule has 0 aromatic carbocycles. The molecule has 1 aromatic heterocycles. The monoisotopic (exact) mass is 350 g/mol. The van der Waals surface area contributed by atoms with E-state index in [-0.39, 0.29) is 6.10 Å². The van der Waals surface area contributed by atoms with E-state index in [1.54, 1.807) is 13.2 Å². The number of ether oxygens (including phenoxy) is 3. The summed E-state index contributed by atoms with van der Waals surface area (Å²) < 4.78 is 16.7. The van der Waals surface area contributed by atoms with E-state index in [0.717, 1.165) is 57.2 Å². The van der Waals surface area contributed by atoms with Crippen LogP contribution < -0.4 is 15.4 Å². The van der Waals surface area contributed by atoms with Gasteiger partial charge in [0.05, 0.1) is 19.3 Å². The molecule has 7 nitrogen and oxygen atoms in total. The molecule has 0 spiro atoms. The number of guanidine groups is 1. The van der Waals surface area contributed by atoms with Gasteiger partial charge in [-0.05, 0) is 25.3 Å². The SMILES string of the molecule is CCCOc1ncccc1CNC(=NC)NCCCOC1CCOC1. The first-order valence-electron chi connectivity index (χ1n) is 9.04. The van der Waals surface area contributed by atoms with Crippen LogP contribution >= 0.6 is 0 Å². The fourth-order valence-electron chi connectivity index (χ4n) is 2.46. The van der Waals surface area contributed by atoms with E-state index >= 15 is 0 Å². The van der Waals surface area contributed by atoms with Crippen LogP contribution in [-0.2, 0) is 16.0 Å². The highest BCUT2D eigenvalue weighted by Gasteiger charge is 2.15. The molecule has 1 aliphatic heterocycles. The van der Waals surface area contributed by atoms with Gasteiger partial charge in [0.15, 0.2) is 5.96 Å². The van der Waals surface area contributed by atoms with Crippen LogP contribution in [-0.4, -0.2) is 57.1 Å². The minimum atomic E-state index is 0.268. The fourth-order valence-corrected chi connectivity index (χ4v) is 2.46. The van der Waals surface area contributed by atoms with Crippen molar-refractivity contribution in [3.05, 3.63) is 23.9 Å². The summed E-state index contributed by atoms with van der Waals surface area (Å²) in [7, 11) is 1.76. The average molecular weight is 350 g/mol. The van der Waals surface area contributed by atoms with Gasteiger partial charge in [0.1, 0.15) is 0 Å². The highest BCUT2D eigenvalue weighted by atomic mass is 16.5. The van der Waals surface area contributed by atoms with Crippen LogP contribution in [0.2, 0.25) is 0 Å². The molecule has 7 heteroatoms. The number of aromatic nitrogens is 1. The Kier molecular flexibility index (Phi) is 9.07. The van der Waals surface area contributed by atoms with Gasteiger partial charge in [0, 0.05) is 45.1 Å². The molecular weight excluding hydrogens is 320 g/mol. The average Bonchev–Trinajstić information content (AvgIpc) is 3.16. The summed E-state index contributed by atoms with van der Waals surface area (Å²) in [4.78, 5) is 8.54. The zero-order valence-corrected chi connectivity index (χ0v) is 15.3. The number of aliphatic imine (C=N–C) groups is 1. The number of nitrogens with one attached hydrogen (secondary N) is 2. The van der Waals surface area contributed by atoms with E-state index in [1.165, 1.54) is 0 Å². The van der Waals surface area contributed by atoms with E-state index in [0.29, 0.717) is 19.0 Å². The summed E-state index contributed by atoms with van der Waals surface area (Å²) in [5.41, 5.74) is 1.02. The van der Waals surface area contributed by atoms with Crippen molar-refractivity contribution < 1.29 is 14.2 Å².